The number of nitriles is 1. The number of rotatable bonds is 23. The molecule has 3 rings (SSSR count). The minimum absolute atomic E-state index is 0.0155. The molecule has 1 saturated heterocycles. The molecular formula is C43H62N6O8. The van der Waals surface area contributed by atoms with Crippen molar-refractivity contribution in [2.24, 2.45) is 17.8 Å². The van der Waals surface area contributed by atoms with Gasteiger partial charge in [0, 0.05) is 39.2 Å². The molecule has 2 aromatic rings. The van der Waals surface area contributed by atoms with Crippen molar-refractivity contribution in [1.82, 2.24) is 19.4 Å². The van der Waals surface area contributed by atoms with Gasteiger partial charge >= 0.3 is 17.9 Å². The van der Waals surface area contributed by atoms with E-state index in [-0.39, 0.29) is 80.9 Å². The zero-order chi connectivity index (χ0) is 41.7. The van der Waals surface area contributed by atoms with E-state index in [4.69, 9.17) is 19.5 Å². The normalized spacial score (nSPS) is 16.8. The van der Waals surface area contributed by atoms with Gasteiger partial charge in [-0.25, -0.2) is 9.97 Å². The molecule has 0 aliphatic carbocycles. The minimum Gasteiger partial charge on any atom is -0.461 e. The second-order valence-corrected chi connectivity index (χ2v) is 15.2. The highest BCUT2D eigenvalue weighted by atomic mass is 16.6. The number of nitrogens with zero attached hydrogens (tertiary/aromatic N) is 6. The lowest BCUT2D eigenvalue weighted by Gasteiger charge is -2.42. The Labute approximate surface area is 337 Å². The molecule has 0 spiro atoms. The number of ether oxygens (including phenoxy) is 3. The standard InChI is InChI=1S/C43H62N6O8/c1-7-9-11-13-15-39(52)55-28-34(29-56-40(53)16-14-12-10-8-2)57-41(54)26-32(4)18-17-31(3)25-38(51)49-24-21-35-42(45-30-46-43(35)49)47(6)36-27-48(23-20-33(36)5)37(50)19-22-44/h11-14,21,24,30-34,36H,7-10,15-20,23,25-29H2,1-6H3/b13-11-,14-12-/t31?,32?,33-,36+/m1/s1. The van der Waals surface area contributed by atoms with Gasteiger partial charge in [0.15, 0.2) is 11.8 Å². The Hall–Kier alpha value is -5.06. The zero-order valence-corrected chi connectivity index (χ0v) is 34.7. The number of carbonyl (C=O) groups excluding carboxylic acids is 5. The predicted molar refractivity (Wildman–Crippen MR) is 217 cm³/mol. The number of esters is 3. The zero-order valence-electron chi connectivity index (χ0n) is 34.7. The highest BCUT2D eigenvalue weighted by molar-refractivity contribution is 5.95. The molecule has 0 aromatic carbocycles. The Bertz CT molecular complexity index is 1700. The van der Waals surface area contributed by atoms with Crippen molar-refractivity contribution in [1.29, 1.82) is 5.26 Å². The third-order valence-electron chi connectivity index (χ3n) is 10.2. The van der Waals surface area contributed by atoms with Crippen LogP contribution >= 0.6 is 0 Å². The van der Waals surface area contributed by atoms with Crippen molar-refractivity contribution in [3.8, 4) is 6.07 Å². The first kappa shape index (κ1) is 46.3. The first-order valence-electron chi connectivity index (χ1n) is 20.4. The van der Waals surface area contributed by atoms with E-state index in [0.717, 1.165) is 37.5 Å². The van der Waals surface area contributed by atoms with Crippen molar-refractivity contribution in [2.75, 3.05) is 38.3 Å². The quantitative estimate of drug-likeness (QED) is 0.0643. The highest BCUT2D eigenvalue weighted by Crippen LogP contribution is 2.30. The number of piperidine rings is 1. The number of aromatic nitrogens is 3. The van der Waals surface area contributed by atoms with Crippen LogP contribution in [0.2, 0.25) is 0 Å². The van der Waals surface area contributed by atoms with E-state index in [0.29, 0.717) is 37.4 Å². The summed E-state index contributed by atoms with van der Waals surface area (Å²) in [4.78, 5) is 76.3. The number of amides is 1. The van der Waals surface area contributed by atoms with Crippen LogP contribution in [0, 0.1) is 29.1 Å². The predicted octanol–water partition coefficient (Wildman–Crippen LogP) is 6.98. The maximum atomic E-state index is 13.5. The second-order valence-electron chi connectivity index (χ2n) is 15.2. The van der Waals surface area contributed by atoms with Crippen LogP contribution in [0.5, 0.6) is 0 Å². The van der Waals surface area contributed by atoms with Crippen molar-refractivity contribution in [3.05, 3.63) is 42.9 Å². The van der Waals surface area contributed by atoms with Crippen molar-refractivity contribution in [2.45, 2.75) is 124 Å². The SMILES string of the molecule is CCC/C=C\CC(=O)OCC(COC(=O)C/C=C\CCC)OC(=O)CC(C)CCC(C)CC(=O)n1ccc2c(N(C)[C@H]3CN(C(=O)CC#N)CC[C@H]3C)ncnc21. The molecule has 1 aliphatic heterocycles. The second kappa shape index (κ2) is 24.5. The number of likely N-dealkylation sites (N-methyl/N-ethyl adjacent to an activating group) is 1. The number of unbranched alkanes of at least 4 members (excludes halogenated alkanes) is 2. The molecule has 4 atom stereocenters. The van der Waals surface area contributed by atoms with Crippen molar-refractivity contribution >= 4 is 46.6 Å². The van der Waals surface area contributed by atoms with Gasteiger partial charge in [0.25, 0.3) is 0 Å². The molecule has 3 heterocycles. The van der Waals surface area contributed by atoms with Crippen LogP contribution in [-0.4, -0.2) is 94.7 Å². The molecule has 0 bridgehead atoms. The number of likely N-dealkylation sites (tertiary alicyclic amines) is 1. The van der Waals surface area contributed by atoms with Crippen LogP contribution in [0.3, 0.4) is 0 Å². The Morgan fingerprint density at radius 2 is 1.53 bits per heavy atom. The summed E-state index contributed by atoms with van der Waals surface area (Å²) in [6, 6.07) is 3.77. The van der Waals surface area contributed by atoms with Gasteiger partial charge in [-0.2, -0.15) is 5.26 Å². The van der Waals surface area contributed by atoms with E-state index < -0.39 is 24.0 Å². The van der Waals surface area contributed by atoms with Gasteiger partial charge in [0.2, 0.25) is 11.8 Å². The summed E-state index contributed by atoms with van der Waals surface area (Å²) in [5.41, 5.74) is 0.507. The summed E-state index contributed by atoms with van der Waals surface area (Å²) in [5, 5.41) is 9.75. The van der Waals surface area contributed by atoms with E-state index in [2.05, 4.69) is 16.9 Å². The summed E-state index contributed by atoms with van der Waals surface area (Å²) in [5.74, 6) is -0.785. The number of allylic oxidation sites excluding steroid dienone is 2. The van der Waals surface area contributed by atoms with Crippen LogP contribution in [0.15, 0.2) is 42.9 Å². The number of hydrogen-bond acceptors (Lipinski definition) is 12. The van der Waals surface area contributed by atoms with E-state index in [9.17, 15) is 24.0 Å². The molecule has 57 heavy (non-hydrogen) atoms. The fourth-order valence-corrected chi connectivity index (χ4v) is 6.76. The summed E-state index contributed by atoms with van der Waals surface area (Å²) in [6.45, 7) is 10.8. The Kier molecular flexibility index (Phi) is 19.9. The molecule has 14 nitrogen and oxygen atoms in total. The van der Waals surface area contributed by atoms with E-state index in [1.54, 1.807) is 27.8 Å². The maximum absolute atomic E-state index is 13.5. The van der Waals surface area contributed by atoms with Crippen LogP contribution in [-0.2, 0) is 33.4 Å². The van der Waals surface area contributed by atoms with E-state index in [1.165, 1.54) is 6.33 Å². The third-order valence-corrected chi connectivity index (χ3v) is 10.2. The lowest BCUT2D eigenvalue weighted by molar-refractivity contribution is -0.166. The summed E-state index contributed by atoms with van der Waals surface area (Å²) >= 11 is 0. The van der Waals surface area contributed by atoms with Gasteiger partial charge < -0.3 is 24.0 Å². The van der Waals surface area contributed by atoms with E-state index in [1.807, 2.05) is 63.9 Å². The molecule has 14 heteroatoms. The molecule has 1 fully saturated rings. The fourth-order valence-electron chi connectivity index (χ4n) is 6.76. The van der Waals surface area contributed by atoms with Crippen LogP contribution < -0.4 is 4.90 Å². The molecule has 0 N–H and O–H groups in total. The maximum Gasteiger partial charge on any atom is 0.309 e. The first-order chi connectivity index (χ1) is 27.4. The Morgan fingerprint density at radius 3 is 2.12 bits per heavy atom. The lowest BCUT2D eigenvalue weighted by atomic mass is 9.92. The topological polar surface area (TPSA) is 174 Å². The lowest BCUT2D eigenvalue weighted by Crippen LogP contribution is -2.52. The number of fused-ring (bicyclic) bond motifs is 1. The number of hydrogen-bond donors (Lipinski definition) is 0. The smallest absolute Gasteiger partial charge is 0.309 e. The fraction of sp³-hybridized carbons (Fsp3) is 0.628. The van der Waals surface area contributed by atoms with Crippen molar-refractivity contribution < 1.29 is 38.2 Å². The van der Waals surface area contributed by atoms with Gasteiger partial charge in [-0.3, -0.25) is 28.5 Å². The van der Waals surface area contributed by atoms with Gasteiger partial charge in [0.1, 0.15) is 31.8 Å². The molecule has 1 amide bonds. The largest absolute Gasteiger partial charge is 0.461 e. The van der Waals surface area contributed by atoms with Crippen LogP contribution in [0.4, 0.5) is 5.82 Å². The first-order valence-corrected chi connectivity index (χ1v) is 20.4. The molecular weight excluding hydrogens is 729 g/mol. The average Bonchev–Trinajstić information content (AvgIpc) is 3.63. The number of carbonyl (C=O) groups is 5. The number of anilines is 1. The van der Waals surface area contributed by atoms with Gasteiger partial charge in [-0.1, -0.05) is 71.8 Å². The third kappa shape index (κ3) is 15.4. The van der Waals surface area contributed by atoms with E-state index >= 15 is 0 Å². The van der Waals surface area contributed by atoms with Crippen molar-refractivity contribution in [3.63, 3.8) is 0 Å². The highest BCUT2D eigenvalue weighted by Gasteiger charge is 2.33. The molecule has 2 unspecified atom stereocenters. The molecule has 0 radical (unpaired) electrons. The molecule has 312 valence electrons. The molecule has 1 aliphatic rings. The average molecular weight is 791 g/mol. The minimum atomic E-state index is -0.937. The Balaban J connectivity index is 1.54. The molecule has 2 aromatic heterocycles. The van der Waals surface area contributed by atoms with Gasteiger partial charge in [-0.05, 0) is 55.9 Å². The Morgan fingerprint density at radius 1 is 0.912 bits per heavy atom. The monoisotopic (exact) mass is 790 g/mol. The van der Waals surface area contributed by atoms with Crippen LogP contribution in [0.1, 0.15) is 116 Å². The van der Waals surface area contributed by atoms with Gasteiger partial charge in [-0.15, -0.1) is 0 Å². The molecule has 0 saturated carbocycles. The summed E-state index contributed by atoms with van der Waals surface area (Å²) in [6.07, 6.45) is 15.8. The van der Waals surface area contributed by atoms with Gasteiger partial charge in [0.05, 0.1) is 30.3 Å². The summed E-state index contributed by atoms with van der Waals surface area (Å²) in [7, 11) is 1.94. The van der Waals surface area contributed by atoms with Crippen LogP contribution in [0.25, 0.3) is 11.0 Å². The summed E-state index contributed by atoms with van der Waals surface area (Å²) < 4.78 is 17.9.